The first kappa shape index (κ1) is 16.3. The van der Waals surface area contributed by atoms with Gasteiger partial charge in [0.1, 0.15) is 5.75 Å². The SMILES string of the molecule is Cc1cc(Cl)ccc1OCC(=O)NC(C)C(C)C(=O)O. The number of amides is 1. The molecule has 0 saturated carbocycles. The van der Waals surface area contributed by atoms with Crippen molar-refractivity contribution >= 4 is 23.5 Å². The largest absolute Gasteiger partial charge is 0.484 e. The number of benzene rings is 1. The predicted octanol–water partition coefficient (Wildman–Crippen LogP) is 2.25. The van der Waals surface area contributed by atoms with E-state index >= 15 is 0 Å². The van der Waals surface area contributed by atoms with Crippen molar-refractivity contribution in [2.45, 2.75) is 26.8 Å². The molecule has 1 amide bonds. The quantitative estimate of drug-likeness (QED) is 0.845. The Labute approximate surface area is 122 Å². The molecule has 0 aliphatic heterocycles. The van der Waals surface area contributed by atoms with Gasteiger partial charge in [-0.1, -0.05) is 11.6 Å². The molecule has 0 bridgehead atoms. The summed E-state index contributed by atoms with van der Waals surface area (Å²) < 4.78 is 5.38. The highest BCUT2D eigenvalue weighted by molar-refractivity contribution is 6.30. The first-order valence-corrected chi connectivity index (χ1v) is 6.60. The second kappa shape index (κ2) is 7.14. The van der Waals surface area contributed by atoms with Gasteiger partial charge in [0.05, 0.1) is 5.92 Å². The van der Waals surface area contributed by atoms with Gasteiger partial charge < -0.3 is 15.2 Å². The number of halogens is 1. The van der Waals surface area contributed by atoms with E-state index in [0.717, 1.165) is 5.56 Å². The first-order valence-electron chi connectivity index (χ1n) is 6.22. The van der Waals surface area contributed by atoms with E-state index < -0.39 is 17.9 Å². The molecule has 2 unspecified atom stereocenters. The molecular weight excluding hydrogens is 282 g/mol. The number of aryl methyl sites for hydroxylation is 1. The number of aliphatic carboxylic acids is 1. The third-order valence-electron chi connectivity index (χ3n) is 3.02. The highest BCUT2D eigenvalue weighted by atomic mass is 35.5. The third kappa shape index (κ3) is 4.74. The summed E-state index contributed by atoms with van der Waals surface area (Å²) in [6, 6.07) is 4.64. The van der Waals surface area contributed by atoms with E-state index in [1.807, 2.05) is 6.92 Å². The van der Waals surface area contributed by atoms with Crippen molar-refractivity contribution in [1.29, 1.82) is 0 Å². The summed E-state index contributed by atoms with van der Waals surface area (Å²) in [6.07, 6.45) is 0. The van der Waals surface area contributed by atoms with Crippen LogP contribution in [0.1, 0.15) is 19.4 Å². The van der Waals surface area contributed by atoms with E-state index in [-0.39, 0.29) is 12.5 Å². The van der Waals surface area contributed by atoms with Crippen molar-refractivity contribution in [3.8, 4) is 5.75 Å². The second-order valence-electron chi connectivity index (χ2n) is 4.68. The Morgan fingerprint density at radius 3 is 2.60 bits per heavy atom. The molecule has 1 aromatic rings. The molecule has 2 N–H and O–H groups in total. The summed E-state index contributed by atoms with van der Waals surface area (Å²) in [7, 11) is 0. The van der Waals surface area contributed by atoms with Gasteiger partial charge in [-0.25, -0.2) is 0 Å². The second-order valence-corrected chi connectivity index (χ2v) is 5.12. The topological polar surface area (TPSA) is 75.6 Å². The van der Waals surface area contributed by atoms with Crippen molar-refractivity contribution in [3.05, 3.63) is 28.8 Å². The molecule has 0 aromatic heterocycles. The van der Waals surface area contributed by atoms with Crippen LogP contribution in [0.25, 0.3) is 0 Å². The van der Waals surface area contributed by atoms with E-state index in [1.165, 1.54) is 6.92 Å². The van der Waals surface area contributed by atoms with Crippen LogP contribution in [0, 0.1) is 12.8 Å². The van der Waals surface area contributed by atoms with E-state index in [4.69, 9.17) is 21.4 Å². The molecule has 1 rings (SSSR count). The van der Waals surface area contributed by atoms with Gasteiger partial charge in [-0.15, -0.1) is 0 Å². The lowest BCUT2D eigenvalue weighted by Gasteiger charge is -2.18. The van der Waals surface area contributed by atoms with Crippen molar-refractivity contribution in [3.63, 3.8) is 0 Å². The number of carbonyl (C=O) groups is 2. The Balaban J connectivity index is 2.49. The Morgan fingerprint density at radius 1 is 1.40 bits per heavy atom. The lowest BCUT2D eigenvalue weighted by molar-refractivity contribution is -0.142. The van der Waals surface area contributed by atoms with Gasteiger partial charge >= 0.3 is 5.97 Å². The van der Waals surface area contributed by atoms with E-state index in [0.29, 0.717) is 10.8 Å². The fourth-order valence-electron chi connectivity index (χ4n) is 1.55. The number of carbonyl (C=O) groups excluding carboxylic acids is 1. The molecule has 110 valence electrons. The van der Waals surface area contributed by atoms with Crippen LogP contribution in [0.15, 0.2) is 18.2 Å². The van der Waals surface area contributed by atoms with Gasteiger partial charge in [0.2, 0.25) is 0 Å². The number of hydrogen-bond donors (Lipinski definition) is 2. The number of hydrogen-bond acceptors (Lipinski definition) is 3. The summed E-state index contributed by atoms with van der Waals surface area (Å²) >= 11 is 5.82. The zero-order valence-electron chi connectivity index (χ0n) is 11.6. The van der Waals surface area contributed by atoms with Crippen molar-refractivity contribution in [2.75, 3.05) is 6.61 Å². The summed E-state index contributed by atoms with van der Waals surface area (Å²) in [5, 5.41) is 12.0. The third-order valence-corrected chi connectivity index (χ3v) is 3.26. The average Bonchev–Trinajstić information content (AvgIpc) is 2.36. The van der Waals surface area contributed by atoms with Crippen molar-refractivity contribution in [1.82, 2.24) is 5.32 Å². The van der Waals surface area contributed by atoms with Crippen LogP contribution in [-0.4, -0.2) is 29.6 Å². The van der Waals surface area contributed by atoms with Crippen molar-refractivity contribution < 1.29 is 19.4 Å². The molecule has 6 heteroatoms. The Hall–Kier alpha value is -1.75. The molecule has 0 spiro atoms. The maximum absolute atomic E-state index is 11.7. The lowest BCUT2D eigenvalue weighted by Crippen LogP contribution is -2.42. The molecular formula is C14H18ClNO4. The molecule has 0 radical (unpaired) electrons. The molecule has 0 aliphatic rings. The molecule has 0 heterocycles. The van der Waals surface area contributed by atoms with Gasteiger partial charge in [0.15, 0.2) is 6.61 Å². The normalized spacial score (nSPS) is 13.4. The summed E-state index contributed by atoms with van der Waals surface area (Å²) in [5.74, 6) is -1.40. The zero-order chi connectivity index (χ0) is 15.3. The minimum absolute atomic E-state index is 0.168. The minimum atomic E-state index is -0.952. The van der Waals surface area contributed by atoms with E-state index in [2.05, 4.69) is 5.32 Å². The Bertz CT molecular complexity index is 504. The summed E-state index contributed by atoms with van der Waals surface area (Å²) in [6.45, 7) is 4.84. The number of rotatable bonds is 6. The van der Waals surface area contributed by atoms with E-state index in [9.17, 15) is 9.59 Å². The molecule has 2 atom stereocenters. The maximum atomic E-state index is 11.7. The lowest BCUT2D eigenvalue weighted by atomic mass is 10.0. The standard InChI is InChI=1S/C14H18ClNO4/c1-8-6-11(15)4-5-12(8)20-7-13(17)16-10(3)9(2)14(18)19/h4-6,9-10H,7H2,1-3H3,(H,16,17)(H,18,19). The fourth-order valence-corrected chi connectivity index (χ4v) is 1.78. The van der Waals surface area contributed by atoms with Crippen molar-refractivity contribution in [2.24, 2.45) is 5.92 Å². The summed E-state index contributed by atoms with van der Waals surface area (Å²) in [5.41, 5.74) is 0.831. The van der Waals surface area contributed by atoms with Crippen LogP contribution in [0.5, 0.6) is 5.75 Å². The van der Waals surface area contributed by atoms with Crippen LogP contribution in [0.4, 0.5) is 0 Å². The molecule has 20 heavy (non-hydrogen) atoms. The van der Waals surface area contributed by atoms with E-state index in [1.54, 1.807) is 25.1 Å². The fraction of sp³-hybridized carbons (Fsp3) is 0.429. The van der Waals surface area contributed by atoms with Gasteiger partial charge in [0.25, 0.3) is 5.91 Å². The predicted molar refractivity (Wildman–Crippen MR) is 76.1 cm³/mol. The Morgan fingerprint density at radius 2 is 2.05 bits per heavy atom. The number of carboxylic acid groups (broad SMARTS) is 1. The van der Waals surface area contributed by atoms with Crippen LogP contribution in [-0.2, 0) is 9.59 Å². The smallest absolute Gasteiger partial charge is 0.308 e. The Kier molecular flexibility index (Phi) is 5.82. The monoisotopic (exact) mass is 299 g/mol. The van der Waals surface area contributed by atoms with Crippen LogP contribution < -0.4 is 10.1 Å². The van der Waals surface area contributed by atoms with Crippen LogP contribution in [0.2, 0.25) is 5.02 Å². The van der Waals surface area contributed by atoms with Gasteiger partial charge in [0, 0.05) is 11.1 Å². The zero-order valence-corrected chi connectivity index (χ0v) is 12.4. The molecule has 0 fully saturated rings. The first-order chi connectivity index (χ1) is 9.31. The van der Waals surface area contributed by atoms with Gasteiger partial charge in [-0.05, 0) is 44.5 Å². The number of ether oxygens (including phenoxy) is 1. The highest BCUT2D eigenvalue weighted by Gasteiger charge is 2.21. The molecule has 1 aromatic carbocycles. The maximum Gasteiger partial charge on any atom is 0.308 e. The van der Waals surface area contributed by atoms with Crippen LogP contribution in [0.3, 0.4) is 0 Å². The number of carboxylic acids is 1. The van der Waals surface area contributed by atoms with Gasteiger partial charge in [-0.3, -0.25) is 9.59 Å². The number of nitrogens with one attached hydrogen (secondary N) is 1. The molecule has 0 aliphatic carbocycles. The summed E-state index contributed by atoms with van der Waals surface area (Å²) in [4.78, 5) is 22.5. The highest BCUT2D eigenvalue weighted by Crippen LogP contribution is 2.21. The average molecular weight is 300 g/mol. The van der Waals surface area contributed by atoms with Crippen LogP contribution >= 0.6 is 11.6 Å². The minimum Gasteiger partial charge on any atom is -0.484 e. The molecule has 5 nitrogen and oxygen atoms in total. The molecule has 0 saturated heterocycles. The van der Waals surface area contributed by atoms with Gasteiger partial charge in [-0.2, -0.15) is 0 Å².